The lowest BCUT2D eigenvalue weighted by Gasteiger charge is -2.41. The maximum atomic E-state index is 4.90. The van der Waals surface area contributed by atoms with Crippen molar-refractivity contribution in [3.05, 3.63) is 42.5 Å². The average Bonchev–Trinajstić information content (AvgIpc) is 3.49. The fourth-order valence-corrected chi connectivity index (χ4v) is 5.66. The van der Waals surface area contributed by atoms with Crippen LogP contribution in [0.4, 0.5) is 5.82 Å². The number of rotatable bonds is 3. The summed E-state index contributed by atoms with van der Waals surface area (Å²) in [6, 6.07) is 15.1. The van der Waals surface area contributed by atoms with E-state index in [4.69, 9.17) is 5.10 Å². The van der Waals surface area contributed by atoms with Gasteiger partial charge in [0.05, 0.1) is 0 Å². The van der Waals surface area contributed by atoms with Crippen molar-refractivity contribution in [1.29, 1.82) is 0 Å². The van der Waals surface area contributed by atoms with E-state index in [1.807, 2.05) is 28.8 Å². The summed E-state index contributed by atoms with van der Waals surface area (Å²) in [4.78, 5) is 5.17. The first-order valence-electron chi connectivity index (χ1n) is 10.6. The molecule has 3 aliphatic rings. The maximum Gasteiger partial charge on any atom is 0.185 e. The summed E-state index contributed by atoms with van der Waals surface area (Å²) in [6.07, 6.45) is 5.87. The molecule has 144 valence electrons. The van der Waals surface area contributed by atoms with Crippen molar-refractivity contribution >= 4 is 11.5 Å². The van der Waals surface area contributed by atoms with E-state index in [1.54, 1.807) is 0 Å². The number of anilines is 1. The topological polar surface area (TPSA) is 49.6 Å². The van der Waals surface area contributed by atoms with Gasteiger partial charge in [-0.15, -0.1) is 15.3 Å². The number of nitrogens with zero attached hydrogens (tertiary/aromatic N) is 6. The minimum Gasteiger partial charge on any atom is -0.353 e. The Hall–Kier alpha value is -2.47. The predicted molar refractivity (Wildman–Crippen MR) is 109 cm³/mol. The highest BCUT2D eigenvalue weighted by molar-refractivity contribution is 5.59. The van der Waals surface area contributed by atoms with Crippen LogP contribution in [0.3, 0.4) is 0 Å². The molecule has 28 heavy (non-hydrogen) atoms. The number of aromatic nitrogens is 4. The average molecular weight is 374 g/mol. The predicted octanol–water partition coefficient (Wildman–Crippen LogP) is 3.10. The fraction of sp³-hybridized carbons (Fsp3) is 0.500. The van der Waals surface area contributed by atoms with E-state index < -0.39 is 0 Å². The van der Waals surface area contributed by atoms with Crippen LogP contribution in [0.25, 0.3) is 17.0 Å². The Morgan fingerprint density at radius 1 is 0.821 bits per heavy atom. The van der Waals surface area contributed by atoms with E-state index in [0.29, 0.717) is 0 Å². The van der Waals surface area contributed by atoms with E-state index in [9.17, 15) is 0 Å². The molecule has 2 bridgehead atoms. The molecule has 2 aliphatic carbocycles. The van der Waals surface area contributed by atoms with E-state index in [2.05, 4.69) is 38.2 Å². The third-order valence-electron chi connectivity index (χ3n) is 7.09. The first-order valence-corrected chi connectivity index (χ1v) is 10.6. The zero-order chi connectivity index (χ0) is 18.5. The van der Waals surface area contributed by atoms with Crippen molar-refractivity contribution in [2.24, 2.45) is 11.8 Å². The summed E-state index contributed by atoms with van der Waals surface area (Å²) in [5, 5.41) is 13.5. The van der Waals surface area contributed by atoms with Gasteiger partial charge in [-0.05, 0) is 43.2 Å². The molecule has 3 aromatic rings. The van der Waals surface area contributed by atoms with E-state index >= 15 is 0 Å². The zero-order valence-electron chi connectivity index (χ0n) is 16.1. The van der Waals surface area contributed by atoms with Crippen LogP contribution in [0.15, 0.2) is 42.5 Å². The molecule has 1 aliphatic heterocycles. The fourth-order valence-electron chi connectivity index (χ4n) is 5.66. The van der Waals surface area contributed by atoms with Crippen LogP contribution in [0.1, 0.15) is 25.7 Å². The highest BCUT2D eigenvalue weighted by Crippen LogP contribution is 2.46. The normalized spacial score (nSPS) is 27.7. The molecule has 0 radical (unpaired) electrons. The van der Waals surface area contributed by atoms with Gasteiger partial charge in [0.1, 0.15) is 5.82 Å². The highest BCUT2D eigenvalue weighted by atomic mass is 15.4. The van der Waals surface area contributed by atoms with Gasteiger partial charge in [-0.1, -0.05) is 36.8 Å². The quantitative estimate of drug-likeness (QED) is 0.705. The molecule has 3 unspecified atom stereocenters. The molecule has 2 aromatic heterocycles. The van der Waals surface area contributed by atoms with Gasteiger partial charge in [0.2, 0.25) is 0 Å². The third kappa shape index (κ3) is 2.70. The first-order chi connectivity index (χ1) is 13.8. The molecule has 0 amide bonds. The lowest BCUT2D eigenvalue weighted by molar-refractivity contribution is 0.134. The molecule has 1 saturated heterocycles. The van der Waals surface area contributed by atoms with Gasteiger partial charge in [-0.25, -0.2) is 0 Å². The SMILES string of the molecule is c1ccc(-c2nnc3ccc(N4CCN(C5CC6CCC5C6)CC4)nn23)cc1. The Bertz CT molecular complexity index is 975. The number of hydrogen-bond acceptors (Lipinski definition) is 5. The summed E-state index contributed by atoms with van der Waals surface area (Å²) in [7, 11) is 0. The van der Waals surface area contributed by atoms with Crippen LogP contribution >= 0.6 is 0 Å². The van der Waals surface area contributed by atoms with Gasteiger partial charge in [0, 0.05) is 37.8 Å². The number of hydrogen-bond donors (Lipinski definition) is 0. The molecular formula is C22H26N6. The molecule has 0 spiro atoms. The minimum atomic E-state index is 0.795. The van der Waals surface area contributed by atoms with Crippen molar-refractivity contribution in [3.8, 4) is 11.4 Å². The van der Waals surface area contributed by atoms with Crippen LogP contribution in [0, 0.1) is 11.8 Å². The number of piperazine rings is 1. The van der Waals surface area contributed by atoms with E-state index in [0.717, 1.165) is 66.9 Å². The van der Waals surface area contributed by atoms with Crippen molar-refractivity contribution < 1.29 is 0 Å². The second-order valence-electron chi connectivity index (χ2n) is 8.62. The van der Waals surface area contributed by atoms with Crippen LogP contribution < -0.4 is 4.90 Å². The highest BCUT2D eigenvalue weighted by Gasteiger charge is 2.42. The van der Waals surface area contributed by atoms with Gasteiger partial charge in [-0.3, -0.25) is 4.90 Å². The van der Waals surface area contributed by atoms with Gasteiger partial charge in [0.25, 0.3) is 0 Å². The van der Waals surface area contributed by atoms with Gasteiger partial charge in [-0.2, -0.15) is 4.52 Å². The van der Waals surface area contributed by atoms with Gasteiger partial charge >= 0.3 is 0 Å². The van der Waals surface area contributed by atoms with E-state index in [-0.39, 0.29) is 0 Å². The van der Waals surface area contributed by atoms with Crippen LogP contribution in [0.5, 0.6) is 0 Å². The monoisotopic (exact) mass is 374 g/mol. The van der Waals surface area contributed by atoms with Crippen molar-refractivity contribution in [3.63, 3.8) is 0 Å². The number of benzene rings is 1. The zero-order valence-corrected chi connectivity index (χ0v) is 16.1. The lowest BCUT2D eigenvalue weighted by atomic mass is 9.93. The molecule has 1 aromatic carbocycles. The standard InChI is InChI=1S/C22H26N6/c1-2-4-17(5-3-1)22-24-23-20-8-9-21(25-28(20)22)27-12-10-26(11-13-27)19-15-16-6-7-18(19)14-16/h1-5,8-9,16,18-19H,6-7,10-15H2. The number of fused-ring (bicyclic) bond motifs is 3. The smallest absolute Gasteiger partial charge is 0.185 e. The van der Waals surface area contributed by atoms with Crippen LogP contribution in [-0.4, -0.2) is 56.9 Å². The van der Waals surface area contributed by atoms with Crippen LogP contribution in [0.2, 0.25) is 0 Å². The molecule has 2 saturated carbocycles. The Labute approximate surface area is 165 Å². The van der Waals surface area contributed by atoms with Crippen molar-refractivity contribution in [2.45, 2.75) is 31.7 Å². The molecule has 3 fully saturated rings. The summed E-state index contributed by atoms with van der Waals surface area (Å²) in [6.45, 7) is 4.41. The van der Waals surface area contributed by atoms with Gasteiger partial charge in [0.15, 0.2) is 11.5 Å². The van der Waals surface area contributed by atoms with E-state index in [1.165, 1.54) is 25.7 Å². The summed E-state index contributed by atoms with van der Waals surface area (Å²) >= 11 is 0. The Morgan fingerprint density at radius 2 is 1.68 bits per heavy atom. The second kappa shape index (κ2) is 6.55. The van der Waals surface area contributed by atoms with Gasteiger partial charge < -0.3 is 4.90 Å². The Morgan fingerprint density at radius 3 is 2.43 bits per heavy atom. The Kier molecular flexibility index (Phi) is 3.86. The van der Waals surface area contributed by atoms with Crippen LogP contribution in [-0.2, 0) is 0 Å². The lowest BCUT2D eigenvalue weighted by Crippen LogP contribution is -2.52. The molecule has 3 atom stereocenters. The molecule has 6 rings (SSSR count). The second-order valence-corrected chi connectivity index (χ2v) is 8.62. The Balaban J connectivity index is 1.22. The molecular weight excluding hydrogens is 348 g/mol. The van der Waals surface area contributed by atoms with Crippen molar-refractivity contribution in [2.75, 3.05) is 31.1 Å². The summed E-state index contributed by atoms with van der Waals surface area (Å²) in [5.74, 6) is 3.81. The molecule has 3 heterocycles. The summed E-state index contributed by atoms with van der Waals surface area (Å²) < 4.78 is 1.88. The largest absolute Gasteiger partial charge is 0.353 e. The third-order valence-corrected chi connectivity index (χ3v) is 7.09. The first kappa shape index (κ1) is 16.5. The maximum absolute atomic E-state index is 4.90. The summed E-state index contributed by atoms with van der Waals surface area (Å²) in [5.41, 5.74) is 1.84. The molecule has 6 heteroatoms. The van der Waals surface area contributed by atoms with Crippen molar-refractivity contribution in [1.82, 2.24) is 24.7 Å². The molecule has 0 N–H and O–H groups in total. The minimum absolute atomic E-state index is 0.795. The molecule has 6 nitrogen and oxygen atoms in total.